The molecular formula is C42H48FN2O2Pt-. The molecule has 0 bridgehead atoms. The Labute approximate surface area is 299 Å². The standard InChI is InChI=1S/C27H31NO2.C15H17FN.Pt/c1-27(2,3)26(30)18-21(29)17-14-19-12-15-20(16-13-19)28-24-10-6-4-8-22(24)23-9-5-7-11-25(23)28;1-15(2,3)11-7-8-12(13(16)10-11)14-6-4-5-9-17-14;/h4-13,15-16,21,26,29-30H,14,17-18H2,1-3H3;5,7,9-10H,4,6H2,1-3H3;/q;-1;. The number of aromatic nitrogens is 1. The topological polar surface area (TPSA) is 57.8 Å². The van der Waals surface area contributed by atoms with Gasteiger partial charge in [-0.25, -0.2) is 0 Å². The van der Waals surface area contributed by atoms with Crippen molar-refractivity contribution in [1.29, 1.82) is 0 Å². The molecule has 0 saturated carbocycles. The zero-order valence-corrected chi connectivity index (χ0v) is 31.2. The minimum absolute atomic E-state index is 0. The van der Waals surface area contributed by atoms with E-state index in [9.17, 15) is 14.6 Å². The van der Waals surface area contributed by atoms with Gasteiger partial charge in [0.15, 0.2) is 0 Å². The number of nitrogens with zero attached hydrogens (tertiary/aromatic N) is 2. The molecule has 0 saturated heterocycles. The fourth-order valence-electron chi connectivity index (χ4n) is 5.89. The summed E-state index contributed by atoms with van der Waals surface area (Å²) in [5, 5.41) is 23.1. The zero-order chi connectivity index (χ0) is 33.8. The third-order valence-corrected chi connectivity index (χ3v) is 8.97. The Morgan fingerprint density at radius 2 is 1.48 bits per heavy atom. The van der Waals surface area contributed by atoms with E-state index in [4.69, 9.17) is 0 Å². The molecule has 0 radical (unpaired) electrons. The smallest absolute Gasteiger partial charge is 0.0613 e. The minimum atomic E-state index is -0.495. The first-order valence-electron chi connectivity index (χ1n) is 16.7. The van der Waals surface area contributed by atoms with Crippen molar-refractivity contribution in [3.63, 3.8) is 0 Å². The van der Waals surface area contributed by atoms with E-state index in [1.165, 1.54) is 27.4 Å². The van der Waals surface area contributed by atoms with Crippen LogP contribution < -0.4 is 0 Å². The summed E-state index contributed by atoms with van der Waals surface area (Å²) in [6, 6.07) is 32.2. The van der Waals surface area contributed by atoms with Crippen molar-refractivity contribution < 1.29 is 35.7 Å². The molecule has 48 heavy (non-hydrogen) atoms. The van der Waals surface area contributed by atoms with Gasteiger partial charge in [-0.05, 0) is 78.5 Å². The van der Waals surface area contributed by atoms with Gasteiger partial charge in [0.1, 0.15) is 0 Å². The fraction of sp³-hybridized carbons (Fsp3) is 0.357. The van der Waals surface area contributed by atoms with E-state index in [1.807, 2.05) is 32.9 Å². The number of aryl methyl sites for hydroxylation is 1. The molecule has 0 aliphatic carbocycles. The number of aliphatic hydroxyl groups is 2. The summed E-state index contributed by atoms with van der Waals surface area (Å²) in [5.74, 6) is -0.216. The molecule has 1 aromatic heterocycles. The number of hydrogen-bond donors (Lipinski definition) is 2. The number of fused-ring (bicyclic) bond motifs is 3. The molecule has 2 atom stereocenters. The van der Waals surface area contributed by atoms with Crippen LogP contribution in [-0.4, -0.2) is 32.7 Å². The Kier molecular flexibility index (Phi) is 12.4. The van der Waals surface area contributed by atoms with E-state index in [1.54, 1.807) is 12.3 Å². The monoisotopic (exact) mass is 826 g/mol. The van der Waals surface area contributed by atoms with Crippen LogP contribution >= 0.6 is 0 Å². The van der Waals surface area contributed by atoms with E-state index in [-0.39, 0.29) is 37.7 Å². The molecule has 2 unspecified atom stereocenters. The number of aliphatic hydroxyl groups excluding tert-OH is 2. The molecule has 0 fully saturated rings. The molecular weight excluding hydrogens is 779 g/mol. The van der Waals surface area contributed by atoms with Gasteiger partial charge >= 0.3 is 0 Å². The van der Waals surface area contributed by atoms with E-state index in [0.717, 1.165) is 36.2 Å². The molecule has 0 spiro atoms. The molecule has 4 nitrogen and oxygen atoms in total. The molecule has 1 aliphatic heterocycles. The van der Waals surface area contributed by atoms with Gasteiger partial charge in [0.2, 0.25) is 0 Å². The maximum atomic E-state index is 14.0. The van der Waals surface area contributed by atoms with Crippen LogP contribution in [0.2, 0.25) is 0 Å². The Morgan fingerprint density at radius 1 is 0.875 bits per heavy atom. The molecule has 0 amide bonds. The maximum absolute atomic E-state index is 14.0. The Morgan fingerprint density at radius 3 is 2.00 bits per heavy atom. The summed E-state index contributed by atoms with van der Waals surface area (Å²) in [6.45, 7) is 12.2. The third-order valence-electron chi connectivity index (χ3n) is 8.97. The van der Waals surface area contributed by atoms with Crippen molar-refractivity contribution >= 4 is 27.5 Å². The van der Waals surface area contributed by atoms with Gasteiger partial charge in [0.05, 0.1) is 23.2 Å². The number of rotatable bonds is 7. The number of allylic oxidation sites excluding steroid dienone is 1. The molecule has 6 rings (SSSR count). The summed E-state index contributed by atoms with van der Waals surface area (Å²) in [6.07, 6.45) is 6.33. The van der Waals surface area contributed by atoms with E-state index in [2.05, 4.69) is 109 Å². The number of benzene rings is 4. The van der Waals surface area contributed by atoms with Crippen molar-refractivity contribution in [1.82, 2.24) is 4.57 Å². The second-order valence-electron chi connectivity index (χ2n) is 14.7. The minimum Gasteiger partial charge on any atom is -0.393 e. The maximum Gasteiger partial charge on any atom is 0.0613 e. The average molecular weight is 827 g/mol. The average Bonchev–Trinajstić information content (AvgIpc) is 3.38. The van der Waals surface area contributed by atoms with Crippen LogP contribution in [0.15, 0.2) is 102 Å². The Bertz CT molecular complexity index is 1820. The summed E-state index contributed by atoms with van der Waals surface area (Å²) < 4.78 is 16.3. The van der Waals surface area contributed by atoms with Crippen LogP contribution in [0.5, 0.6) is 0 Å². The van der Waals surface area contributed by atoms with Crippen molar-refractivity contribution in [2.45, 2.75) is 91.3 Å². The molecule has 4 aromatic carbocycles. The fourth-order valence-corrected chi connectivity index (χ4v) is 5.89. The molecule has 2 N–H and O–H groups in total. The van der Waals surface area contributed by atoms with Gasteiger partial charge < -0.3 is 19.8 Å². The summed E-state index contributed by atoms with van der Waals surface area (Å²) in [5.41, 5.74) is 6.77. The first kappa shape index (κ1) is 37.4. The van der Waals surface area contributed by atoms with Gasteiger partial charge in [-0.1, -0.05) is 102 Å². The van der Waals surface area contributed by atoms with Crippen LogP contribution in [0.4, 0.5) is 4.39 Å². The number of halogens is 1. The van der Waals surface area contributed by atoms with E-state index < -0.39 is 12.2 Å². The Hall–Kier alpha value is -3.37. The molecule has 256 valence electrons. The first-order valence-corrected chi connectivity index (χ1v) is 16.7. The van der Waals surface area contributed by atoms with Crippen LogP contribution in [-0.2, 0) is 32.9 Å². The Balaban J connectivity index is 0.000000246. The van der Waals surface area contributed by atoms with Crippen LogP contribution in [0.25, 0.3) is 27.5 Å². The second-order valence-corrected chi connectivity index (χ2v) is 14.7. The summed E-state index contributed by atoms with van der Waals surface area (Å²) in [7, 11) is 0. The summed E-state index contributed by atoms with van der Waals surface area (Å²) >= 11 is 0. The third kappa shape index (κ3) is 8.99. The van der Waals surface area contributed by atoms with Crippen LogP contribution in [0.3, 0.4) is 0 Å². The van der Waals surface area contributed by atoms with Crippen molar-refractivity contribution in [3.05, 3.63) is 126 Å². The zero-order valence-electron chi connectivity index (χ0n) is 28.9. The number of para-hydroxylation sites is 2. The van der Waals surface area contributed by atoms with Gasteiger partial charge in [-0.2, -0.15) is 0 Å². The van der Waals surface area contributed by atoms with Crippen molar-refractivity contribution in [2.75, 3.05) is 0 Å². The molecule has 6 heteroatoms. The second kappa shape index (κ2) is 15.9. The van der Waals surface area contributed by atoms with Crippen LogP contribution in [0.1, 0.15) is 83.9 Å². The normalized spacial score (nSPS) is 14.6. The predicted molar refractivity (Wildman–Crippen MR) is 194 cm³/mol. The SMILES string of the molecule is CC(C)(C)C(O)CC(O)CCc1ccc(-n2c3ccccc3c3ccccc32)cc1.CC(C)(C)c1c[c-]c(C2=NC=CCC2)c(F)c1.[Pt]. The van der Waals surface area contributed by atoms with E-state index in [0.29, 0.717) is 18.4 Å². The molecule has 5 aromatic rings. The van der Waals surface area contributed by atoms with Gasteiger partial charge in [-0.3, -0.25) is 4.39 Å². The van der Waals surface area contributed by atoms with Gasteiger partial charge in [-0.15, -0.1) is 23.8 Å². The summed E-state index contributed by atoms with van der Waals surface area (Å²) in [4.78, 5) is 4.22. The predicted octanol–water partition coefficient (Wildman–Crippen LogP) is 9.89. The molecule has 2 heterocycles. The quantitative estimate of drug-likeness (QED) is 0.161. The van der Waals surface area contributed by atoms with Crippen LogP contribution in [0, 0.1) is 17.3 Å². The van der Waals surface area contributed by atoms with Crippen molar-refractivity contribution in [2.24, 2.45) is 10.4 Å². The van der Waals surface area contributed by atoms with Crippen molar-refractivity contribution in [3.8, 4) is 5.69 Å². The first-order chi connectivity index (χ1) is 22.3. The van der Waals surface area contributed by atoms with Gasteiger partial charge in [0, 0.05) is 49.5 Å². The number of aliphatic imine (C=N–C) groups is 1. The largest absolute Gasteiger partial charge is 0.393 e. The number of hydrogen-bond acceptors (Lipinski definition) is 3. The van der Waals surface area contributed by atoms with Gasteiger partial charge in [0.25, 0.3) is 0 Å². The molecule has 1 aliphatic rings. The van der Waals surface area contributed by atoms with E-state index >= 15 is 0 Å².